The summed E-state index contributed by atoms with van der Waals surface area (Å²) in [6.45, 7) is 0.914. The standard InChI is InChI=1S/C31H29FN4O5/c1-4-19-5-8-22(9-6-19)34-30(38)25-18-23(40-2)10-12-27(25)35-29(37)24-11-7-21(17-26(24)32)28(33)36-15-13-20(14-16-36)31(39)41-3/h1,5-12,17-18,20,33H,13-16H2,2-3H3,(H,34,38)(H,35,37). The molecule has 10 heteroatoms. The first-order valence-electron chi connectivity index (χ1n) is 12.8. The van der Waals surface area contributed by atoms with Crippen molar-refractivity contribution in [2.45, 2.75) is 12.8 Å². The van der Waals surface area contributed by atoms with Crippen molar-refractivity contribution in [3.8, 4) is 18.1 Å². The molecule has 3 aromatic rings. The Kier molecular flexibility index (Phi) is 8.99. The van der Waals surface area contributed by atoms with Crippen molar-refractivity contribution in [2.24, 2.45) is 5.92 Å². The molecule has 0 radical (unpaired) electrons. The Balaban J connectivity index is 1.48. The van der Waals surface area contributed by atoms with Gasteiger partial charge in [-0.05, 0) is 67.4 Å². The zero-order chi connectivity index (χ0) is 29.5. The quantitative estimate of drug-likeness (QED) is 0.170. The fourth-order valence-electron chi connectivity index (χ4n) is 4.52. The van der Waals surface area contributed by atoms with Crippen LogP contribution in [0.25, 0.3) is 0 Å². The van der Waals surface area contributed by atoms with Crippen molar-refractivity contribution in [1.82, 2.24) is 4.90 Å². The van der Waals surface area contributed by atoms with Crippen molar-refractivity contribution in [2.75, 3.05) is 37.9 Å². The van der Waals surface area contributed by atoms with Crippen molar-refractivity contribution in [3.05, 3.63) is 88.7 Å². The molecule has 210 valence electrons. The molecule has 0 bridgehead atoms. The van der Waals surface area contributed by atoms with Gasteiger partial charge in [0.1, 0.15) is 17.4 Å². The first kappa shape index (κ1) is 28.8. The van der Waals surface area contributed by atoms with E-state index in [9.17, 15) is 14.4 Å². The maximum Gasteiger partial charge on any atom is 0.308 e. The lowest BCUT2D eigenvalue weighted by Crippen LogP contribution is -2.40. The number of likely N-dealkylation sites (tertiary alicyclic amines) is 1. The number of terminal acetylenes is 1. The predicted molar refractivity (Wildman–Crippen MR) is 153 cm³/mol. The summed E-state index contributed by atoms with van der Waals surface area (Å²) in [5, 5.41) is 13.9. The first-order valence-corrected chi connectivity index (χ1v) is 12.8. The molecule has 4 rings (SSSR count). The van der Waals surface area contributed by atoms with Gasteiger partial charge >= 0.3 is 5.97 Å². The first-order chi connectivity index (χ1) is 19.7. The van der Waals surface area contributed by atoms with Gasteiger partial charge in [-0.1, -0.05) is 12.0 Å². The molecule has 0 aromatic heterocycles. The van der Waals surface area contributed by atoms with Crippen LogP contribution in [-0.4, -0.2) is 55.8 Å². The lowest BCUT2D eigenvalue weighted by molar-refractivity contribution is -0.146. The Labute approximate surface area is 237 Å². The monoisotopic (exact) mass is 556 g/mol. The summed E-state index contributed by atoms with van der Waals surface area (Å²) in [4.78, 5) is 39.7. The van der Waals surface area contributed by atoms with Crippen LogP contribution in [0.4, 0.5) is 15.8 Å². The summed E-state index contributed by atoms with van der Waals surface area (Å²) in [5.74, 6) is 0.401. The van der Waals surface area contributed by atoms with Gasteiger partial charge in [0.05, 0.1) is 37.0 Å². The summed E-state index contributed by atoms with van der Waals surface area (Å²) in [5.41, 5.74) is 1.46. The number of ether oxygens (including phenoxy) is 2. The van der Waals surface area contributed by atoms with Crippen LogP contribution in [0, 0.1) is 29.5 Å². The highest BCUT2D eigenvalue weighted by Gasteiger charge is 2.27. The number of methoxy groups -OCH3 is 2. The maximum atomic E-state index is 15.1. The van der Waals surface area contributed by atoms with Crippen LogP contribution in [0.15, 0.2) is 60.7 Å². The van der Waals surface area contributed by atoms with Gasteiger partial charge in [-0.3, -0.25) is 19.8 Å². The van der Waals surface area contributed by atoms with E-state index in [0.29, 0.717) is 48.5 Å². The molecule has 0 spiro atoms. The van der Waals surface area contributed by atoms with Crippen molar-refractivity contribution in [3.63, 3.8) is 0 Å². The zero-order valence-electron chi connectivity index (χ0n) is 22.6. The van der Waals surface area contributed by atoms with Gasteiger partial charge in [0, 0.05) is 29.9 Å². The van der Waals surface area contributed by atoms with Gasteiger partial charge < -0.3 is 25.0 Å². The van der Waals surface area contributed by atoms with Crippen molar-refractivity contribution >= 4 is 35.0 Å². The smallest absolute Gasteiger partial charge is 0.308 e. The molecule has 1 heterocycles. The number of nitrogens with one attached hydrogen (secondary N) is 3. The molecule has 0 atom stereocenters. The summed E-state index contributed by atoms with van der Waals surface area (Å²) >= 11 is 0. The van der Waals surface area contributed by atoms with Crippen molar-refractivity contribution in [1.29, 1.82) is 5.41 Å². The molecule has 1 fully saturated rings. The third kappa shape index (κ3) is 6.70. The van der Waals surface area contributed by atoms with Gasteiger partial charge in [-0.25, -0.2) is 4.39 Å². The number of carbonyl (C=O) groups is 3. The fraction of sp³-hybridized carbons (Fsp3) is 0.226. The SMILES string of the molecule is C#Cc1ccc(NC(=O)c2cc(OC)ccc2NC(=O)c2ccc(C(=N)N3CCC(C(=O)OC)CC3)cc2F)cc1. The number of nitrogens with zero attached hydrogens (tertiary/aromatic N) is 1. The van der Waals surface area contributed by atoms with Gasteiger partial charge in [0.2, 0.25) is 0 Å². The Morgan fingerprint density at radius 3 is 2.24 bits per heavy atom. The van der Waals surface area contributed by atoms with E-state index < -0.39 is 17.6 Å². The summed E-state index contributed by atoms with van der Waals surface area (Å²) in [6.07, 6.45) is 6.45. The van der Waals surface area contributed by atoms with Crippen LogP contribution < -0.4 is 15.4 Å². The second-order valence-corrected chi connectivity index (χ2v) is 9.37. The van der Waals surface area contributed by atoms with E-state index >= 15 is 4.39 Å². The molecular formula is C31H29FN4O5. The second-order valence-electron chi connectivity index (χ2n) is 9.37. The zero-order valence-corrected chi connectivity index (χ0v) is 22.6. The van der Waals surface area contributed by atoms with Crippen LogP contribution in [0.5, 0.6) is 5.75 Å². The fourth-order valence-corrected chi connectivity index (χ4v) is 4.52. The third-order valence-corrected chi connectivity index (χ3v) is 6.86. The average molecular weight is 557 g/mol. The molecule has 3 aromatic carbocycles. The number of benzene rings is 3. The topological polar surface area (TPSA) is 121 Å². The van der Waals surface area contributed by atoms with E-state index in [1.54, 1.807) is 35.2 Å². The molecule has 0 saturated carbocycles. The lowest BCUT2D eigenvalue weighted by atomic mass is 9.96. The van der Waals surface area contributed by atoms with Gasteiger partial charge in [-0.2, -0.15) is 0 Å². The molecule has 1 aliphatic heterocycles. The minimum Gasteiger partial charge on any atom is -0.497 e. The summed E-state index contributed by atoms with van der Waals surface area (Å²) in [6, 6.07) is 15.1. The van der Waals surface area contributed by atoms with Crippen LogP contribution in [0.2, 0.25) is 0 Å². The Bertz CT molecular complexity index is 1520. The number of hydrogen-bond acceptors (Lipinski definition) is 6. The van der Waals surface area contributed by atoms with E-state index in [4.69, 9.17) is 21.3 Å². The molecule has 0 aliphatic carbocycles. The van der Waals surface area contributed by atoms with Crippen LogP contribution >= 0.6 is 0 Å². The molecule has 0 unspecified atom stereocenters. The Morgan fingerprint density at radius 1 is 0.951 bits per heavy atom. The van der Waals surface area contributed by atoms with E-state index in [1.807, 2.05) is 0 Å². The minimum absolute atomic E-state index is 0.101. The summed E-state index contributed by atoms with van der Waals surface area (Å²) < 4.78 is 25.2. The molecule has 3 N–H and O–H groups in total. The molecule has 9 nitrogen and oxygen atoms in total. The highest BCUT2D eigenvalue weighted by Crippen LogP contribution is 2.25. The number of rotatable bonds is 7. The average Bonchev–Trinajstić information content (AvgIpc) is 3.00. The van der Waals surface area contributed by atoms with Gasteiger partial charge in [0.15, 0.2) is 0 Å². The number of hydrogen-bond donors (Lipinski definition) is 3. The number of halogens is 1. The molecule has 1 saturated heterocycles. The Morgan fingerprint density at radius 2 is 1.63 bits per heavy atom. The lowest BCUT2D eigenvalue weighted by Gasteiger charge is -2.32. The third-order valence-electron chi connectivity index (χ3n) is 6.86. The van der Waals surface area contributed by atoms with Crippen molar-refractivity contribution < 1.29 is 28.2 Å². The normalized spacial score (nSPS) is 13.1. The number of amides is 2. The van der Waals surface area contributed by atoms with Crippen LogP contribution in [0.1, 0.15) is 44.7 Å². The maximum absolute atomic E-state index is 15.1. The van der Waals surface area contributed by atoms with E-state index in [0.717, 1.165) is 6.07 Å². The summed E-state index contributed by atoms with van der Waals surface area (Å²) in [7, 11) is 2.80. The predicted octanol–water partition coefficient (Wildman–Crippen LogP) is 4.53. The van der Waals surface area contributed by atoms with Crippen LogP contribution in [0.3, 0.4) is 0 Å². The minimum atomic E-state index is -0.817. The van der Waals surface area contributed by atoms with Gasteiger partial charge in [-0.15, -0.1) is 6.42 Å². The highest BCUT2D eigenvalue weighted by molar-refractivity contribution is 6.13. The molecular weight excluding hydrogens is 527 g/mol. The largest absolute Gasteiger partial charge is 0.497 e. The van der Waals surface area contributed by atoms with Gasteiger partial charge in [0.25, 0.3) is 11.8 Å². The molecule has 2 amide bonds. The molecule has 1 aliphatic rings. The van der Waals surface area contributed by atoms with Crippen LogP contribution in [-0.2, 0) is 9.53 Å². The number of amidine groups is 1. The second kappa shape index (κ2) is 12.8. The number of anilines is 2. The number of carbonyl (C=O) groups excluding carboxylic acids is 3. The van der Waals surface area contributed by atoms with E-state index in [-0.39, 0.29) is 34.5 Å². The van der Waals surface area contributed by atoms with E-state index in [2.05, 4.69) is 16.6 Å². The highest BCUT2D eigenvalue weighted by atomic mass is 19.1. The number of esters is 1. The Hall–Kier alpha value is -5.17. The van der Waals surface area contributed by atoms with E-state index in [1.165, 1.54) is 38.5 Å². The number of piperidine rings is 1. The molecule has 41 heavy (non-hydrogen) atoms.